The van der Waals surface area contributed by atoms with Gasteiger partial charge in [-0.25, -0.2) is 10.1 Å². The maximum Gasteiger partial charge on any atom is 0.166 e. The predicted octanol–water partition coefficient (Wildman–Crippen LogP) is 3.24. The summed E-state index contributed by atoms with van der Waals surface area (Å²) in [5, 5.41) is 1.77. The zero-order valence-electron chi connectivity index (χ0n) is 11.9. The molecule has 0 saturated heterocycles. The summed E-state index contributed by atoms with van der Waals surface area (Å²) in [6, 6.07) is 6.04. The van der Waals surface area contributed by atoms with Gasteiger partial charge in [0.25, 0.3) is 0 Å². The second-order valence-corrected chi connectivity index (χ2v) is 5.28. The number of para-hydroxylation sites is 1. The zero-order chi connectivity index (χ0) is 14.0. The van der Waals surface area contributed by atoms with Crippen molar-refractivity contribution in [2.45, 2.75) is 39.7 Å². The summed E-state index contributed by atoms with van der Waals surface area (Å²) in [6.07, 6.45) is 0.859. The van der Waals surface area contributed by atoms with E-state index in [1.165, 1.54) is 0 Å². The van der Waals surface area contributed by atoms with Gasteiger partial charge in [0.2, 0.25) is 0 Å². The van der Waals surface area contributed by atoms with Crippen LogP contribution >= 0.6 is 0 Å². The highest BCUT2D eigenvalue weighted by Crippen LogP contribution is 2.39. The molecule has 2 rings (SSSR count). The monoisotopic (exact) mass is 260 g/mol. The Kier molecular flexibility index (Phi) is 4.00. The van der Waals surface area contributed by atoms with Crippen molar-refractivity contribution >= 4 is 23.4 Å². The van der Waals surface area contributed by atoms with E-state index in [9.17, 15) is 4.79 Å². The van der Waals surface area contributed by atoms with E-state index in [4.69, 9.17) is 4.84 Å². The molecular formula is C15H20N2O2. The molecule has 1 aliphatic heterocycles. The lowest BCUT2D eigenvalue weighted by atomic mass is 9.99. The first-order valence-corrected chi connectivity index (χ1v) is 6.63. The van der Waals surface area contributed by atoms with E-state index < -0.39 is 0 Å². The molecule has 1 aromatic carbocycles. The summed E-state index contributed by atoms with van der Waals surface area (Å²) >= 11 is 0. The largest absolute Gasteiger partial charge is 0.296 e. The van der Waals surface area contributed by atoms with Crippen molar-refractivity contribution < 1.29 is 9.63 Å². The highest BCUT2D eigenvalue weighted by atomic mass is 16.7. The van der Waals surface area contributed by atoms with Gasteiger partial charge in [-0.05, 0) is 31.4 Å². The van der Waals surface area contributed by atoms with Crippen LogP contribution in [0.15, 0.2) is 23.2 Å². The summed E-state index contributed by atoms with van der Waals surface area (Å²) in [4.78, 5) is 21.3. The second-order valence-electron chi connectivity index (χ2n) is 5.28. The molecule has 1 heterocycles. The normalized spacial score (nSPS) is 14.6. The maximum atomic E-state index is 11.1. The topological polar surface area (TPSA) is 41.9 Å². The standard InChI is InChI=1S/C15H20N2O2/c1-10(2)13-6-5-7-14-15(13)16-12(9-18)8-17(14)19-11(3)4/h5-7,9-11H,8H2,1-4H3. The molecule has 4 nitrogen and oxygen atoms in total. The number of anilines is 1. The molecule has 0 atom stereocenters. The van der Waals surface area contributed by atoms with Crippen molar-refractivity contribution in [2.75, 3.05) is 11.6 Å². The first-order valence-electron chi connectivity index (χ1n) is 6.63. The van der Waals surface area contributed by atoms with E-state index in [1.807, 2.05) is 32.0 Å². The van der Waals surface area contributed by atoms with Crippen molar-refractivity contribution in [3.8, 4) is 0 Å². The lowest BCUT2D eigenvalue weighted by Crippen LogP contribution is -2.35. The molecule has 0 bridgehead atoms. The third-order valence-electron chi connectivity index (χ3n) is 2.97. The molecule has 0 unspecified atom stereocenters. The molecule has 102 valence electrons. The van der Waals surface area contributed by atoms with Crippen LogP contribution in [-0.4, -0.2) is 24.6 Å². The third kappa shape index (κ3) is 2.84. The first-order chi connectivity index (χ1) is 9.02. The van der Waals surface area contributed by atoms with Gasteiger partial charge in [0.05, 0.1) is 24.0 Å². The fraction of sp³-hybridized carbons (Fsp3) is 0.467. The van der Waals surface area contributed by atoms with Crippen molar-refractivity contribution in [2.24, 2.45) is 4.99 Å². The number of aldehydes is 1. The molecule has 0 spiro atoms. The van der Waals surface area contributed by atoms with Gasteiger partial charge in [0.15, 0.2) is 6.29 Å². The molecule has 0 radical (unpaired) electrons. The molecule has 0 aromatic heterocycles. The van der Waals surface area contributed by atoms with Crippen LogP contribution in [0.1, 0.15) is 39.2 Å². The van der Waals surface area contributed by atoms with Crippen molar-refractivity contribution in [1.82, 2.24) is 0 Å². The number of fused-ring (bicyclic) bond motifs is 1. The first kappa shape index (κ1) is 13.7. The van der Waals surface area contributed by atoms with Crippen LogP contribution in [0.3, 0.4) is 0 Å². The number of benzene rings is 1. The van der Waals surface area contributed by atoms with Gasteiger partial charge in [-0.2, -0.15) is 0 Å². The molecule has 19 heavy (non-hydrogen) atoms. The summed E-state index contributed by atoms with van der Waals surface area (Å²) in [5.41, 5.74) is 3.42. The summed E-state index contributed by atoms with van der Waals surface area (Å²) in [5.74, 6) is 0.352. The second kappa shape index (κ2) is 5.53. The third-order valence-corrected chi connectivity index (χ3v) is 2.97. The van der Waals surface area contributed by atoms with Crippen LogP contribution in [0, 0.1) is 0 Å². The minimum atomic E-state index is 0.0570. The number of carbonyl (C=O) groups excluding carboxylic acids is 1. The number of hydrogen-bond acceptors (Lipinski definition) is 4. The SMILES string of the molecule is CC(C)ON1CC(C=O)=Nc2c(C(C)C)cccc21. The number of hydrogen-bond donors (Lipinski definition) is 0. The number of rotatable bonds is 4. The highest BCUT2D eigenvalue weighted by molar-refractivity contribution is 6.31. The number of hydroxylamine groups is 1. The van der Waals surface area contributed by atoms with Crippen molar-refractivity contribution in [3.05, 3.63) is 23.8 Å². The van der Waals surface area contributed by atoms with Crippen LogP contribution in [0.2, 0.25) is 0 Å². The van der Waals surface area contributed by atoms with Crippen LogP contribution in [0.4, 0.5) is 11.4 Å². The Morgan fingerprint density at radius 3 is 2.63 bits per heavy atom. The Morgan fingerprint density at radius 2 is 2.05 bits per heavy atom. The summed E-state index contributed by atoms with van der Waals surface area (Å²) in [7, 11) is 0. The van der Waals surface area contributed by atoms with E-state index in [0.29, 0.717) is 18.2 Å². The minimum absolute atomic E-state index is 0.0570. The Bertz CT molecular complexity index is 507. The van der Waals surface area contributed by atoms with Crippen LogP contribution in [0.25, 0.3) is 0 Å². The van der Waals surface area contributed by atoms with E-state index in [0.717, 1.165) is 23.2 Å². The molecule has 0 N–H and O–H groups in total. The van der Waals surface area contributed by atoms with E-state index >= 15 is 0 Å². The lowest BCUT2D eigenvalue weighted by molar-refractivity contribution is -0.102. The maximum absolute atomic E-state index is 11.1. The minimum Gasteiger partial charge on any atom is -0.296 e. The molecule has 1 aliphatic rings. The predicted molar refractivity (Wildman–Crippen MR) is 77.3 cm³/mol. The number of carbonyl (C=O) groups is 1. The van der Waals surface area contributed by atoms with Gasteiger partial charge in [0, 0.05) is 0 Å². The summed E-state index contributed by atoms with van der Waals surface area (Å²) in [6.45, 7) is 8.58. The quantitative estimate of drug-likeness (QED) is 0.780. The van der Waals surface area contributed by atoms with Crippen LogP contribution in [0.5, 0.6) is 0 Å². The average Bonchev–Trinajstić information content (AvgIpc) is 2.36. The van der Waals surface area contributed by atoms with E-state index in [2.05, 4.69) is 18.8 Å². The average molecular weight is 260 g/mol. The Balaban J connectivity index is 2.51. The number of nitrogens with zero attached hydrogens (tertiary/aromatic N) is 2. The Labute approximate surface area is 114 Å². The molecular weight excluding hydrogens is 240 g/mol. The molecule has 0 fully saturated rings. The lowest BCUT2D eigenvalue weighted by Gasteiger charge is -2.31. The molecule has 1 aromatic rings. The van der Waals surface area contributed by atoms with Crippen molar-refractivity contribution in [1.29, 1.82) is 0 Å². The molecule has 0 saturated carbocycles. The Hall–Kier alpha value is -1.68. The summed E-state index contributed by atoms with van der Waals surface area (Å²) < 4.78 is 0. The fourth-order valence-electron chi connectivity index (χ4n) is 2.16. The zero-order valence-corrected chi connectivity index (χ0v) is 11.9. The molecule has 0 aliphatic carbocycles. The Morgan fingerprint density at radius 1 is 1.32 bits per heavy atom. The molecule has 0 amide bonds. The van der Waals surface area contributed by atoms with Gasteiger partial charge < -0.3 is 0 Å². The number of aliphatic imine (C=N–C) groups is 1. The van der Waals surface area contributed by atoms with Gasteiger partial charge in [0.1, 0.15) is 5.71 Å². The van der Waals surface area contributed by atoms with Crippen LogP contribution < -0.4 is 5.06 Å². The van der Waals surface area contributed by atoms with E-state index in [-0.39, 0.29) is 6.10 Å². The van der Waals surface area contributed by atoms with Crippen molar-refractivity contribution in [3.63, 3.8) is 0 Å². The van der Waals surface area contributed by atoms with Gasteiger partial charge in [-0.1, -0.05) is 26.0 Å². The van der Waals surface area contributed by atoms with Gasteiger partial charge >= 0.3 is 0 Å². The fourth-order valence-corrected chi connectivity index (χ4v) is 2.16. The highest BCUT2D eigenvalue weighted by Gasteiger charge is 2.23. The van der Waals surface area contributed by atoms with Gasteiger partial charge in [-0.15, -0.1) is 0 Å². The van der Waals surface area contributed by atoms with Gasteiger partial charge in [-0.3, -0.25) is 9.63 Å². The van der Waals surface area contributed by atoms with Crippen LogP contribution in [-0.2, 0) is 9.63 Å². The smallest absolute Gasteiger partial charge is 0.166 e. The van der Waals surface area contributed by atoms with E-state index in [1.54, 1.807) is 5.06 Å². The molecule has 4 heteroatoms.